The van der Waals surface area contributed by atoms with Gasteiger partial charge in [-0.05, 0) is 42.3 Å². The van der Waals surface area contributed by atoms with E-state index in [0.29, 0.717) is 22.8 Å². The van der Waals surface area contributed by atoms with Crippen LogP contribution < -0.4 is 5.32 Å². The summed E-state index contributed by atoms with van der Waals surface area (Å²) in [7, 11) is 0. The van der Waals surface area contributed by atoms with Crippen molar-refractivity contribution in [3.8, 4) is 6.07 Å². The number of nitriles is 1. The van der Waals surface area contributed by atoms with Gasteiger partial charge in [0.05, 0.1) is 16.8 Å². The van der Waals surface area contributed by atoms with Crippen LogP contribution in [0.4, 0.5) is 5.69 Å². The number of aromatic carboxylic acids is 1. The van der Waals surface area contributed by atoms with Crippen molar-refractivity contribution >= 4 is 23.3 Å². The quantitative estimate of drug-likeness (QED) is 0.885. The number of carboxylic acid groups (broad SMARTS) is 1. The molecule has 0 saturated carbocycles. The first-order valence-corrected chi connectivity index (χ1v) is 6.73. The number of nitrogens with one attached hydrogen (secondary N) is 1. The number of hydrogen-bond donors (Lipinski definition) is 2. The van der Waals surface area contributed by atoms with E-state index < -0.39 is 5.97 Å². The molecule has 0 unspecified atom stereocenters. The summed E-state index contributed by atoms with van der Waals surface area (Å²) >= 11 is 5.91. The largest absolute Gasteiger partial charge is 0.478 e. The van der Waals surface area contributed by atoms with Crippen molar-refractivity contribution in [2.24, 2.45) is 0 Å². The minimum Gasteiger partial charge on any atom is -0.478 e. The molecular weight excluding hydrogens is 288 g/mol. The van der Waals surface area contributed by atoms with Gasteiger partial charge in [-0.1, -0.05) is 23.7 Å². The Morgan fingerprint density at radius 3 is 2.57 bits per heavy atom. The molecule has 0 amide bonds. The lowest BCUT2D eigenvalue weighted by Crippen LogP contribution is -2.06. The van der Waals surface area contributed by atoms with Crippen LogP contribution >= 0.6 is 11.6 Å². The monoisotopic (exact) mass is 300 g/mol. The van der Waals surface area contributed by atoms with Crippen LogP contribution in [0.3, 0.4) is 0 Å². The molecule has 0 bridgehead atoms. The first kappa shape index (κ1) is 14.9. The van der Waals surface area contributed by atoms with E-state index >= 15 is 0 Å². The number of benzene rings is 2. The number of carbonyl (C=O) groups is 1. The molecule has 0 saturated heterocycles. The summed E-state index contributed by atoms with van der Waals surface area (Å²) in [4.78, 5) is 10.8. The van der Waals surface area contributed by atoms with Crippen molar-refractivity contribution in [1.82, 2.24) is 0 Å². The fraction of sp³-hybridized carbons (Fsp3) is 0.125. The Morgan fingerprint density at radius 1 is 1.24 bits per heavy atom. The van der Waals surface area contributed by atoms with Gasteiger partial charge < -0.3 is 10.4 Å². The Labute approximate surface area is 127 Å². The fourth-order valence-electron chi connectivity index (χ4n) is 1.92. The smallest absolute Gasteiger partial charge is 0.335 e. The maximum Gasteiger partial charge on any atom is 0.335 e. The van der Waals surface area contributed by atoms with E-state index in [0.717, 1.165) is 12.0 Å². The number of rotatable bonds is 5. The summed E-state index contributed by atoms with van der Waals surface area (Å²) in [5, 5.41) is 21.6. The second-order valence-electron chi connectivity index (χ2n) is 4.48. The van der Waals surface area contributed by atoms with Crippen LogP contribution in [0.2, 0.25) is 5.02 Å². The van der Waals surface area contributed by atoms with Gasteiger partial charge in [-0.25, -0.2) is 4.79 Å². The minimum atomic E-state index is -0.933. The van der Waals surface area contributed by atoms with Crippen LogP contribution in [-0.2, 0) is 6.42 Å². The van der Waals surface area contributed by atoms with Crippen LogP contribution in [-0.4, -0.2) is 17.6 Å². The molecule has 0 aliphatic rings. The number of nitrogens with zero attached hydrogens (tertiary/aromatic N) is 1. The van der Waals surface area contributed by atoms with Crippen molar-refractivity contribution in [3.63, 3.8) is 0 Å². The highest BCUT2D eigenvalue weighted by atomic mass is 35.5. The summed E-state index contributed by atoms with van der Waals surface area (Å²) in [5.41, 5.74) is 2.54. The average molecular weight is 301 g/mol. The van der Waals surface area contributed by atoms with Gasteiger partial charge in [0.15, 0.2) is 0 Å². The van der Waals surface area contributed by atoms with Crippen molar-refractivity contribution in [2.45, 2.75) is 6.42 Å². The predicted octanol–water partition coefficient (Wildman–Crippen LogP) is 3.56. The molecule has 0 spiro atoms. The molecule has 0 heterocycles. The molecule has 2 rings (SSSR count). The Balaban J connectivity index is 1.97. The van der Waals surface area contributed by atoms with Crippen molar-refractivity contribution in [2.75, 3.05) is 11.9 Å². The van der Waals surface area contributed by atoms with Gasteiger partial charge in [-0.2, -0.15) is 5.26 Å². The highest BCUT2D eigenvalue weighted by molar-refractivity contribution is 6.30. The van der Waals surface area contributed by atoms with E-state index in [1.165, 1.54) is 0 Å². The molecule has 0 radical (unpaired) electrons. The van der Waals surface area contributed by atoms with E-state index in [2.05, 4.69) is 11.4 Å². The topological polar surface area (TPSA) is 73.1 Å². The van der Waals surface area contributed by atoms with Gasteiger partial charge in [-0.3, -0.25) is 0 Å². The van der Waals surface area contributed by atoms with E-state index in [1.54, 1.807) is 42.5 Å². The maximum atomic E-state index is 10.8. The first-order valence-electron chi connectivity index (χ1n) is 6.36. The van der Waals surface area contributed by atoms with Gasteiger partial charge in [0.25, 0.3) is 0 Å². The van der Waals surface area contributed by atoms with Gasteiger partial charge in [-0.15, -0.1) is 0 Å². The Hall–Kier alpha value is -2.51. The molecule has 0 fully saturated rings. The molecule has 106 valence electrons. The summed E-state index contributed by atoms with van der Waals surface area (Å²) < 4.78 is 0. The van der Waals surface area contributed by atoms with Crippen LogP contribution in [0.25, 0.3) is 0 Å². The molecule has 2 N–H and O–H groups in total. The van der Waals surface area contributed by atoms with Crippen molar-refractivity contribution in [1.29, 1.82) is 5.26 Å². The van der Waals surface area contributed by atoms with E-state index in [9.17, 15) is 4.79 Å². The van der Waals surface area contributed by atoms with Gasteiger partial charge in [0.1, 0.15) is 6.07 Å². The Morgan fingerprint density at radius 2 is 1.95 bits per heavy atom. The lowest BCUT2D eigenvalue weighted by molar-refractivity contribution is 0.0697. The third-order valence-electron chi connectivity index (χ3n) is 3.03. The molecule has 0 aromatic heterocycles. The van der Waals surface area contributed by atoms with Crippen LogP contribution in [0.1, 0.15) is 21.5 Å². The zero-order chi connectivity index (χ0) is 15.2. The summed E-state index contributed by atoms with van der Waals surface area (Å²) in [6, 6.07) is 13.9. The van der Waals surface area contributed by atoms with Crippen LogP contribution in [0.5, 0.6) is 0 Å². The molecule has 0 aliphatic carbocycles. The minimum absolute atomic E-state index is 0.272. The molecule has 21 heavy (non-hydrogen) atoms. The van der Waals surface area contributed by atoms with E-state index in [4.69, 9.17) is 22.0 Å². The van der Waals surface area contributed by atoms with Crippen LogP contribution in [0, 0.1) is 11.3 Å². The number of halogens is 1. The second-order valence-corrected chi connectivity index (χ2v) is 4.92. The molecule has 5 heteroatoms. The zero-order valence-corrected chi connectivity index (χ0v) is 11.9. The van der Waals surface area contributed by atoms with Gasteiger partial charge in [0.2, 0.25) is 0 Å². The number of hydrogen-bond acceptors (Lipinski definition) is 3. The van der Waals surface area contributed by atoms with E-state index in [1.807, 2.05) is 0 Å². The Kier molecular flexibility index (Phi) is 4.81. The highest BCUT2D eigenvalue weighted by Crippen LogP contribution is 2.20. The molecule has 2 aromatic rings. The van der Waals surface area contributed by atoms with Gasteiger partial charge >= 0.3 is 5.97 Å². The summed E-state index contributed by atoms with van der Waals surface area (Å²) in [6.07, 6.45) is 0.720. The molecule has 4 nitrogen and oxygen atoms in total. The average Bonchev–Trinajstić information content (AvgIpc) is 2.48. The van der Waals surface area contributed by atoms with Gasteiger partial charge in [0, 0.05) is 11.6 Å². The number of anilines is 1. The SMILES string of the molecule is N#Cc1ccc(Cl)cc1NCCc1ccc(C(=O)O)cc1. The molecule has 2 aromatic carbocycles. The third-order valence-corrected chi connectivity index (χ3v) is 3.27. The highest BCUT2D eigenvalue weighted by Gasteiger charge is 2.04. The molecule has 0 atom stereocenters. The Bertz CT molecular complexity index is 690. The predicted molar refractivity (Wildman–Crippen MR) is 81.8 cm³/mol. The van der Waals surface area contributed by atoms with Crippen LogP contribution in [0.15, 0.2) is 42.5 Å². The fourth-order valence-corrected chi connectivity index (χ4v) is 2.09. The summed E-state index contributed by atoms with van der Waals surface area (Å²) in [5.74, 6) is -0.933. The normalized spacial score (nSPS) is 9.90. The first-order chi connectivity index (χ1) is 10.1. The molecule has 0 aliphatic heterocycles. The van der Waals surface area contributed by atoms with Crippen molar-refractivity contribution < 1.29 is 9.90 Å². The maximum absolute atomic E-state index is 10.8. The summed E-state index contributed by atoms with van der Waals surface area (Å²) in [6.45, 7) is 0.626. The third kappa shape index (κ3) is 3.98. The van der Waals surface area contributed by atoms with E-state index in [-0.39, 0.29) is 5.56 Å². The lowest BCUT2D eigenvalue weighted by Gasteiger charge is -2.09. The number of carboxylic acids is 1. The lowest BCUT2D eigenvalue weighted by atomic mass is 10.1. The standard InChI is InChI=1S/C16H13ClN2O2/c17-14-6-5-13(10-18)15(9-14)19-8-7-11-1-3-12(4-2-11)16(20)21/h1-6,9,19H,7-8H2,(H,20,21). The molecular formula is C16H13ClN2O2. The second kappa shape index (κ2) is 6.78. The zero-order valence-electron chi connectivity index (χ0n) is 11.1. The van der Waals surface area contributed by atoms with Crippen molar-refractivity contribution in [3.05, 3.63) is 64.2 Å².